The molecule has 144 valence electrons. The summed E-state index contributed by atoms with van der Waals surface area (Å²) < 4.78 is 12.8. The van der Waals surface area contributed by atoms with Crippen LogP contribution in [0.3, 0.4) is 0 Å². The molecule has 0 saturated heterocycles. The Morgan fingerprint density at radius 3 is 2.44 bits per heavy atom. The van der Waals surface area contributed by atoms with Gasteiger partial charge in [-0.15, -0.1) is 10.2 Å². The molecule has 0 spiro atoms. The van der Waals surface area contributed by atoms with Crippen LogP contribution in [0.5, 0.6) is 5.75 Å². The van der Waals surface area contributed by atoms with Crippen molar-refractivity contribution in [1.29, 1.82) is 0 Å². The van der Waals surface area contributed by atoms with E-state index in [-0.39, 0.29) is 10.7 Å². The molecule has 8 heteroatoms. The van der Waals surface area contributed by atoms with Crippen molar-refractivity contribution in [2.75, 3.05) is 7.11 Å². The lowest BCUT2D eigenvalue weighted by atomic mass is 9.96. The number of thioether (sulfide) groups is 1. The topological polar surface area (TPSA) is 78.9 Å². The average molecular weight is 388 g/mol. The zero-order valence-corrected chi connectivity index (χ0v) is 17.4. The smallest absolute Gasteiger partial charge is 0.239 e. The Morgan fingerprint density at radius 1 is 1.19 bits per heavy atom. The van der Waals surface area contributed by atoms with Gasteiger partial charge in [0.15, 0.2) is 16.8 Å². The standard InChI is InChI=1S/C19H25N5O2S/c1-7-24-15(13-8-10-14(25-6)11-9-13)21-22-18(24)27-12(2)16-20-17(23-26-16)19(3,4)5/h8-12H,7H2,1-6H3/t12-/m1/s1. The van der Waals surface area contributed by atoms with Gasteiger partial charge in [-0.25, -0.2) is 0 Å². The summed E-state index contributed by atoms with van der Waals surface area (Å²) in [5.74, 6) is 2.95. The van der Waals surface area contributed by atoms with Crippen molar-refractivity contribution in [2.24, 2.45) is 0 Å². The SMILES string of the molecule is CCn1c(S[C@H](C)c2nc(C(C)(C)C)no2)nnc1-c1ccc(OC)cc1. The van der Waals surface area contributed by atoms with Crippen molar-refractivity contribution < 1.29 is 9.26 Å². The Balaban J connectivity index is 1.83. The van der Waals surface area contributed by atoms with Gasteiger partial charge in [-0.3, -0.25) is 0 Å². The molecule has 1 atom stereocenters. The highest BCUT2D eigenvalue weighted by Crippen LogP contribution is 2.35. The fourth-order valence-electron chi connectivity index (χ4n) is 2.53. The van der Waals surface area contributed by atoms with E-state index in [2.05, 4.69) is 52.6 Å². The third kappa shape index (κ3) is 4.16. The summed E-state index contributed by atoms with van der Waals surface area (Å²) in [5, 5.41) is 13.7. The molecule has 0 amide bonds. The van der Waals surface area contributed by atoms with Gasteiger partial charge in [-0.2, -0.15) is 4.98 Å². The lowest BCUT2D eigenvalue weighted by molar-refractivity contribution is 0.364. The van der Waals surface area contributed by atoms with Crippen LogP contribution >= 0.6 is 11.8 Å². The second-order valence-corrected chi connectivity index (χ2v) is 8.55. The van der Waals surface area contributed by atoms with E-state index in [0.717, 1.165) is 28.8 Å². The minimum atomic E-state index is -0.142. The zero-order valence-electron chi connectivity index (χ0n) is 16.6. The highest BCUT2D eigenvalue weighted by atomic mass is 32.2. The summed E-state index contributed by atoms with van der Waals surface area (Å²) in [4.78, 5) is 4.55. The van der Waals surface area contributed by atoms with E-state index in [1.807, 2.05) is 31.2 Å². The average Bonchev–Trinajstić information content (AvgIpc) is 3.28. The van der Waals surface area contributed by atoms with Gasteiger partial charge in [0.25, 0.3) is 0 Å². The van der Waals surface area contributed by atoms with Gasteiger partial charge in [-0.1, -0.05) is 37.7 Å². The molecule has 2 heterocycles. The Kier molecular flexibility index (Phi) is 5.55. The van der Waals surface area contributed by atoms with Gasteiger partial charge >= 0.3 is 0 Å². The first-order valence-electron chi connectivity index (χ1n) is 8.91. The van der Waals surface area contributed by atoms with Crippen molar-refractivity contribution in [3.8, 4) is 17.1 Å². The molecule has 0 N–H and O–H groups in total. The molecule has 3 aromatic rings. The van der Waals surface area contributed by atoms with E-state index in [9.17, 15) is 0 Å². The monoisotopic (exact) mass is 387 g/mol. The van der Waals surface area contributed by atoms with Gasteiger partial charge in [0.05, 0.1) is 12.4 Å². The van der Waals surface area contributed by atoms with Crippen LogP contribution in [0, 0.1) is 0 Å². The van der Waals surface area contributed by atoms with E-state index in [1.165, 1.54) is 0 Å². The molecular weight excluding hydrogens is 362 g/mol. The zero-order chi connectivity index (χ0) is 19.6. The summed E-state index contributed by atoms with van der Waals surface area (Å²) in [6.45, 7) is 11.1. The lowest BCUT2D eigenvalue weighted by Crippen LogP contribution is -2.13. The first-order valence-corrected chi connectivity index (χ1v) is 9.79. The predicted octanol–water partition coefficient (Wildman–Crippen LogP) is 4.51. The molecule has 0 radical (unpaired) electrons. The van der Waals surface area contributed by atoms with Gasteiger partial charge in [0.2, 0.25) is 5.89 Å². The van der Waals surface area contributed by atoms with Gasteiger partial charge in [0, 0.05) is 17.5 Å². The second-order valence-electron chi connectivity index (χ2n) is 7.25. The molecule has 7 nitrogen and oxygen atoms in total. The Labute approximate surface area is 163 Å². The van der Waals surface area contributed by atoms with Gasteiger partial charge in [-0.05, 0) is 38.1 Å². The molecule has 0 saturated carbocycles. The van der Waals surface area contributed by atoms with Crippen LogP contribution in [0.2, 0.25) is 0 Å². The van der Waals surface area contributed by atoms with Crippen LogP contribution in [0.25, 0.3) is 11.4 Å². The Morgan fingerprint density at radius 2 is 1.89 bits per heavy atom. The van der Waals surface area contributed by atoms with Crippen molar-refractivity contribution >= 4 is 11.8 Å². The van der Waals surface area contributed by atoms with Crippen LogP contribution in [0.15, 0.2) is 33.9 Å². The first kappa shape index (κ1) is 19.4. The van der Waals surface area contributed by atoms with Crippen LogP contribution in [0.4, 0.5) is 0 Å². The summed E-state index contributed by atoms with van der Waals surface area (Å²) in [5.41, 5.74) is 0.856. The lowest BCUT2D eigenvalue weighted by Gasteiger charge is -2.11. The van der Waals surface area contributed by atoms with Crippen LogP contribution in [-0.2, 0) is 12.0 Å². The number of hydrogen-bond acceptors (Lipinski definition) is 7. The second kappa shape index (κ2) is 7.72. The first-order chi connectivity index (χ1) is 12.8. The van der Waals surface area contributed by atoms with E-state index < -0.39 is 0 Å². The number of nitrogens with zero attached hydrogens (tertiary/aromatic N) is 5. The summed E-state index contributed by atoms with van der Waals surface area (Å²) >= 11 is 1.56. The molecule has 0 fully saturated rings. The molecule has 0 unspecified atom stereocenters. The van der Waals surface area contributed by atoms with Gasteiger partial charge < -0.3 is 13.8 Å². The molecule has 0 aliphatic carbocycles. The number of rotatable bonds is 6. The number of benzene rings is 1. The van der Waals surface area contributed by atoms with Crippen molar-refractivity contribution in [3.05, 3.63) is 36.0 Å². The maximum atomic E-state index is 5.46. The van der Waals surface area contributed by atoms with Crippen molar-refractivity contribution in [2.45, 2.75) is 57.0 Å². The third-order valence-electron chi connectivity index (χ3n) is 4.12. The third-order valence-corrected chi connectivity index (χ3v) is 5.19. The number of hydrogen-bond donors (Lipinski definition) is 0. The number of aromatic nitrogens is 5. The summed E-state index contributed by atoms with van der Waals surface area (Å²) in [7, 11) is 1.66. The Bertz CT molecular complexity index is 896. The van der Waals surface area contributed by atoms with Crippen molar-refractivity contribution in [1.82, 2.24) is 24.9 Å². The summed E-state index contributed by atoms with van der Waals surface area (Å²) in [6.07, 6.45) is 0. The fraction of sp³-hybridized carbons (Fsp3) is 0.474. The van der Waals surface area contributed by atoms with Crippen LogP contribution in [0.1, 0.15) is 51.6 Å². The maximum Gasteiger partial charge on any atom is 0.239 e. The normalized spacial score (nSPS) is 13.0. The molecule has 0 bridgehead atoms. The van der Waals surface area contributed by atoms with Gasteiger partial charge in [0.1, 0.15) is 5.75 Å². The van der Waals surface area contributed by atoms with E-state index in [0.29, 0.717) is 11.7 Å². The van der Waals surface area contributed by atoms with Crippen molar-refractivity contribution in [3.63, 3.8) is 0 Å². The number of ether oxygens (including phenoxy) is 1. The minimum Gasteiger partial charge on any atom is -0.497 e. The predicted molar refractivity (Wildman–Crippen MR) is 105 cm³/mol. The van der Waals surface area contributed by atoms with Crippen LogP contribution in [-0.4, -0.2) is 32.0 Å². The molecule has 3 rings (SSSR count). The molecule has 0 aliphatic heterocycles. The highest BCUT2D eigenvalue weighted by molar-refractivity contribution is 7.99. The minimum absolute atomic E-state index is 0.0215. The number of methoxy groups -OCH3 is 1. The summed E-state index contributed by atoms with van der Waals surface area (Å²) in [6, 6.07) is 7.82. The molecule has 2 aromatic heterocycles. The van der Waals surface area contributed by atoms with E-state index in [1.54, 1.807) is 18.9 Å². The molecular formula is C19H25N5O2S. The quantitative estimate of drug-likeness (QED) is 0.576. The largest absolute Gasteiger partial charge is 0.497 e. The van der Waals surface area contributed by atoms with Crippen LogP contribution < -0.4 is 4.74 Å². The molecule has 27 heavy (non-hydrogen) atoms. The highest BCUT2D eigenvalue weighted by Gasteiger charge is 2.25. The maximum absolute atomic E-state index is 5.46. The Hall–Kier alpha value is -2.35. The van der Waals surface area contributed by atoms with E-state index >= 15 is 0 Å². The molecule has 0 aliphatic rings. The van der Waals surface area contributed by atoms with E-state index in [4.69, 9.17) is 9.26 Å². The fourth-order valence-corrected chi connectivity index (χ4v) is 3.47. The molecule has 1 aromatic carbocycles.